The molecule has 1 heterocycles. The largest absolute Gasteiger partial charge is 0.481 e. The summed E-state index contributed by atoms with van der Waals surface area (Å²) in [5, 5.41) is 11.4. The lowest BCUT2D eigenvalue weighted by Gasteiger charge is -2.10. The molecule has 1 rings (SSSR count). The van der Waals surface area contributed by atoms with Crippen LogP contribution in [0, 0.1) is 0 Å². The Labute approximate surface area is 121 Å². The van der Waals surface area contributed by atoms with E-state index in [-0.39, 0.29) is 18.4 Å². The minimum absolute atomic E-state index is 0.0960. The van der Waals surface area contributed by atoms with Gasteiger partial charge in [0.15, 0.2) is 0 Å². The van der Waals surface area contributed by atoms with E-state index in [9.17, 15) is 9.59 Å². The molecule has 116 valence electrons. The first-order valence-electron chi connectivity index (χ1n) is 7.72. The highest BCUT2D eigenvalue weighted by molar-refractivity contribution is 5.75. The molecule has 1 saturated heterocycles. The Morgan fingerprint density at radius 1 is 1.15 bits per heavy atom. The summed E-state index contributed by atoms with van der Waals surface area (Å²) in [7, 11) is 0. The van der Waals surface area contributed by atoms with E-state index >= 15 is 0 Å². The zero-order chi connectivity index (χ0) is 14.8. The molecule has 2 atom stereocenters. The zero-order valence-electron chi connectivity index (χ0n) is 12.4. The lowest BCUT2D eigenvalue weighted by Crippen LogP contribution is -2.25. The van der Waals surface area contributed by atoms with Crippen LogP contribution in [0.5, 0.6) is 0 Å². The zero-order valence-corrected chi connectivity index (χ0v) is 12.4. The molecular formula is C15H27NO4. The standard InChI is InChI=1S/C15H27NO4/c1-12-7-8-13(20-12)9-10-14(17)16-11-5-3-2-4-6-15(18)19/h12-13H,2-11H2,1H3,(H,16,17)(H,18,19)/t12-,13+/m1/s1. The first-order valence-corrected chi connectivity index (χ1v) is 7.72. The third kappa shape index (κ3) is 8.15. The highest BCUT2D eigenvalue weighted by atomic mass is 16.5. The summed E-state index contributed by atoms with van der Waals surface area (Å²) < 4.78 is 5.67. The van der Waals surface area contributed by atoms with Crippen LogP contribution in [0.2, 0.25) is 0 Å². The van der Waals surface area contributed by atoms with Crippen LogP contribution in [-0.4, -0.2) is 35.7 Å². The summed E-state index contributed by atoms with van der Waals surface area (Å²) in [6.07, 6.45) is 7.88. The summed E-state index contributed by atoms with van der Waals surface area (Å²) in [6, 6.07) is 0. The van der Waals surface area contributed by atoms with Crippen molar-refractivity contribution in [2.24, 2.45) is 0 Å². The smallest absolute Gasteiger partial charge is 0.303 e. The quantitative estimate of drug-likeness (QED) is 0.605. The molecule has 0 radical (unpaired) electrons. The van der Waals surface area contributed by atoms with Crippen molar-refractivity contribution in [3.8, 4) is 0 Å². The first-order chi connectivity index (χ1) is 9.58. The number of ether oxygens (including phenoxy) is 1. The molecule has 0 aromatic heterocycles. The predicted octanol–water partition coefficient (Wildman–Crippen LogP) is 2.49. The number of carboxylic acids is 1. The van der Waals surface area contributed by atoms with Crippen LogP contribution in [0.4, 0.5) is 0 Å². The molecule has 1 aliphatic heterocycles. The molecule has 0 aliphatic carbocycles. The highest BCUT2D eigenvalue weighted by Gasteiger charge is 2.21. The van der Waals surface area contributed by atoms with Gasteiger partial charge in [0.05, 0.1) is 12.2 Å². The van der Waals surface area contributed by atoms with Crippen LogP contribution in [-0.2, 0) is 14.3 Å². The molecule has 1 aliphatic rings. The molecule has 0 spiro atoms. The molecule has 20 heavy (non-hydrogen) atoms. The number of carboxylic acid groups (broad SMARTS) is 1. The summed E-state index contributed by atoms with van der Waals surface area (Å²) in [6.45, 7) is 2.76. The van der Waals surface area contributed by atoms with Crippen molar-refractivity contribution in [1.82, 2.24) is 5.32 Å². The van der Waals surface area contributed by atoms with E-state index in [0.29, 0.717) is 19.1 Å². The van der Waals surface area contributed by atoms with Gasteiger partial charge in [-0.2, -0.15) is 0 Å². The summed E-state index contributed by atoms with van der Waals surface area (Å²) in [5.74, 6) is -0.638. The Bertz CT molecular complexity index is 306. The van der Waals surface area contributed by atoms with Crippen LogP contribution < -0.4 is 5.32 Å². The molecule has 0 aromatic carbocycles. The maximum Gasteiger partial charge on any atom is 0.303 e. The van der Waals surface area contributed by atoms with Crippen molar-refractivity contribution in [1.29, 1.82) is 0 Å². The van der Waals surface area contributed by atoms with Crippen LogP contribution in [0.15, 0.2) is 0 Å². The summed E-state index contributed by atoms with van der Waals surface area (Å²) in [5.41, 5.74) is 0. The van der Waals surface area contributed by atoms with Crippen LogP contribution in [0.3, 0.4) is 0 Å². The molecule has 5 heteroatoms. The van der Waals surface area contributed by atoms with Gasteiger partial charge in [-0.1, -0.05) is 12.8 Å². The molecule has 1 fully saturated rings. The van der Waals surface area contributed by atoms with Crippen molar-refractivity contribution in [2.45, 2.75) is 76.9 Å². The summed E-state index contributed by atoms with van der Waals surface area (Å²) in [4.78, 5) is 21.9. The number of nitrogens with one attached hydrogen (secondary N) is 1. The van der Waals surface area contributed by atoms with Crippen molar-refractivity contribution in [3.63, 3.8) is 0 Å². The van der Waals surface area contributed by atoms with E-state index in [1.54, 1.807) is 0 Å². The summed E-state index contributed by atoms with van der Waals surface area (Å²) >= 11 is 0. The van der Waals surface area contributed by atoms with E-state index < -0.39 is 5.97 Å². The van der Waals surface area contributed by atoms with Crippen LogP contribution >= 0.6 is 0 Å². The van der Waals surface area contributed by atoms with E-state index in [1.165, 1.54) is 0 Å². The van der Waals surface area contributed by atoms with Crippen molar-refractivity contribution in [3.05, 3.63) is 0 Å². The van der Waals surface area contributed by atoms with Crippen molar-refractivity contribution >= 4 is 11.9 Å². The van der Waals surface area contributed by atoms with Gasteiger partial charge in [-0.3, -0.25) is 9.59 Å². The second-order valence-electron chi connectivity index (χ2n) is 5.59. The van der Waals surface area contributed by atoms with Gasteiger partial charge >= 0.3 is 5.97 Å². The Morgan fingerprint density at radius 2 is 1.90 bits per heavy atom. The maximum absolute atomic E-state index is 11.6. The number of amides is 1. The molecule has 0 saturated carbocycles. The van der Waals surface area contributed by atoms with E-state index in [2.05, 4.69) is 12.2 Å². The second-order valence-corrected chi connectivity index (χ2v) is 5.59. The fourth-order valence-electron chi connectivity index (χ4n) is 2.46. The Kier molecular flexibility index (Phi) is 8.26. The average molecular weight is 285 g/mol. The third-order valence-corrected chi connectivity index (χ3v) is 3.65. The monoisotopic (exact) mass is 285 g/mol. The van der Waals surface area contributed by atoms with Gasteiger partial charge in [-0.25, -0.2) is 0 Å². The fourth-order valence-corrected chi connectivity index (χ4v) is 2.46. The van der Waals surface area contributed by atoms with Gasteiger partial charge in [-0.15, -0.1) is 0 Å². The topological polar surface area (TPSA) is 75.6 Å². The number of rotatable bonds is 10. The molecule has 0 unspecified atom stereocenters. The Hall–Kier alpha value is -1.10. The molecule has 5 nitrogen and oxygen atoms in total. The molecule has 2 N–H and O–H groups in total. The second kappa shape index (κ2) is 9.75. The van der Waals surface area contributed by atoms with Crippen molar-refractivity contribution < 1.29 is 19.4 Å². The predicted molar refractivity (Wildman–Crippen MR) is 76.5 cm³/mol. The molecule has 0 aromatic rings. The van der Waals surface area contributed by atoms with Gasteiger partial charge < -0.3 is 15.2 Å². The number of hydrogen-bond donors (Lipinski definition) is 2. The van der Waals surface area contributed by atoms with E-state index in [4.69, 9.17) is 9.84 Å². The van der Waals surface area contributed by atoms with Crippen LogP contribution in [0.25, 0.3) is 0 Å². The van der Waals surface area contributed by atoms with Crippen LogP contribution in [0.1, 0.15) is 64.7 Å². The number of unbranched alkanes of at least 4 members (excludes halogenated alkanes) is 3. The molecule has 0 bridgehead atoms. The Morgan fingerprint density at radius 3 is 2.55 bits per heavy atom. The lowest BCUT2D eigenvalue weighted by molar-refractivity contribution is -0.137. The third-order valence-electron chi connectivity index (χ3n) is 3.65. The first kappa shape index (κ1) is 17.0. The minimum Gasteiger partial charge on any atom is -0.481 e. The Balaban J connectivity index is 1.89. The molecule has 1 amide bonds. The van der Waals surface area contributed by atoms with Gasteiger partial charge in [0.2, 0.25) is 5.91 Å². The fraction of sp³-hybridized carbons (Fsp3) is 0.867. The van der Waals surface area contributed by atoms with E-state index in [1.807, 2.05) is 0 Å². The van der Waals surface area contributed by atoms with Gasteiger partial charge in [0.1, 0.15) is 0 Å². The number of hydrogen-bond acceptors (Lipinski definition) is 3. The SMILES string of the molecule is C[C@@H]1CC[C@@H](CCC(=O)NCCCCCCC(=O)O)O1. The number of aliphatic carboxylic acids is 1. The number of carbonyl (C=O) groups is 2. The normalized spacial score (nSPS) is 21.9. The van der Waals surface area contributed by atoms with Crippen molar-refractivity contribution in [2.75, 3.05) is 6.54 Å². The molecular weight excluding hydrogens is 258 g/mol. The van der Waals surface area contributed by atoms with Gasteiger partial charge in [0, 0.05) is 19.4 Å². The van der Waals surface area contributed by atoms with E-state index in [0.717, 1.165) is 44.9 Å². The van der Waals surface area contributed by atoms with Gasteiger partial charge in [0.25, 0.3) is 0 Å². The highest BCUT2D eigenvalue weighted by Crippen LogP contribution is 2.22. The maximum atomic E-state index is 11.6. The lowest BCUT2D eigenvalue weighted by atomic mass is 10.1. The number of carbonyl (C=O) groups excluding carboxylic acids is 1. The van der Waals surface area contributed by atoms with Gasteiger partial charge in [-0.05, 0) is 39.0 Å². The minimum atomic E-state index is -0.734. The average Bonchev–Trinajstić information content (AvgIpc) is 2.81.